The van der Waals surface area contributed by atoms with Gasteiger partial charge in [-0.3, -0.25) is 4.79 Å². The lowest BCUT2D eigenvalue weighted by molar-refractivity contribution is -0.129. The van der Waals surface area contributed by atoms with Crippen LogP contribution in [0, 0.1) is 0 Å². The van der Waals surface area contributed by atoms with E-state index >= 15 is 0 Å². The molecule has 14 heavy (non-hydrogen) atoms. The molecule has 0 aliphatic rings. The van der Waals surface area contributed by atoms with E-state index in [1.54, 1.807) is 4.90 Å². The molecule has 0 rings (SSSR count). The number of nitrogens with zero attached hydrogens (tertiary/aromatic N) is 1. The molecule has 0 unspecified atom stereocenters. The van der Waals surface area contributed by atoms with Crippen molar-refractivity contribution in [3.8, 4) is 0 Å². The molecule has 1 N–H and O–H groups in total. The SMILES string of the molecule is CCN(CC)C(=O)CNC/C=C/CCl. The van der Waals surface area contributed by atoms with Crippen LogP contribution in [0.4, 0.5) is 0 Å². The number of halogens is 1. The maximum atomic E-state index is 11.5. The molecule has 82 valence electrons. The zero-order valence-corrected chi connectivity index (χ0v) is 9.68. The molecule has 0 aliphatic heterocycles. The van der Waals surface area contributed by atoms with Gasteiger partial charge in [-0.2, -0.15) is 0 Å². The van der Waals surface area contributed by atoms with Gasteiger partial charge in [0.05, 0.1) is 6.54 Å². The van der Waals surface area contributed by atoms with E-state index in [9.17, 15) is 4.79 Å². The number of likely N-dealkylation sites (N-methyl/N-ethyl adjacent to an activating group) is 1. The Hall–Kier alpha value is -0.540. The van der Waals surface area contributed by atoms with Gasteiger partial charge < -0.3 is 10.2 Å². The summed E-state index contributed by atoms with van der Waals surface area (Å²) in [6.45, 7) is 6.60. The maximum absolute atomic E-state index is 11.5. The highest BCUT2D eigenvalue weighted by Gasteiger charge is 2.06. The number of alkyl halides is 1. The van der Waals surface area contributed by atoms with Crippen molar-refractivity contribution in [2.75, 3.05) is 32.1 Å². The summed E-state index contributed by atoms with van der Waals surface area (Å²) in [6.07, 6.45) is 3.78. The molecule has 0 bridgehead atoms. The summed E-state index contributed by atoms with van der Waals surface area (Å²) in [6, 6.07) is 0. The highest BCUT2D eigenvalue weighted by molar-refractivity contribution is 6.18. The van der Waals surface area contributed by atoms with Crippen molar-refractivity contribution in [1.82, 2.24) is 10.2 Å². The Labute approximate surface area is 91.1 Å². The van der Waals surface area contributed by atoms with Gasteiger partial charge in [0.15, 0.2) is 0 Å². The highest BCUT2D eigenvalue weighted by Crippen LogP contribution is 1.87. The van der Waals surface area contributed by atoms with Crippen LogP contribution in [0.25, 0.3) is 0 Å². The molecule has 0 radical (unpaired) electrons. The molecule has 0 aromatic carbocycles. The van der Waals surface area contributed by atoms with E-state index in [-0.39, 0.29) is 5.91 Å². The van der Waals surface area contributed by atoms with E-state index in [0.29, 0.717) is 19.0 Å². The lowest BCUT2D eigenvalue weighted by Crippen LogP contribution is -2.37. The summed E-state index contributed by atoms with van der Waals surface area (Å²) in [5.74, 6) is 0.667. The minimum absolute atomic E-state index is 0.147. The molecule has 1 amide bonds. The van der Waals surface area contributed by atoms with Crippen molar-refractivity contribution in [1.29, 1.82) is 0 Å². The van der Waals surface area contributed by atoms with Crippen LogP contribution in [0.1, 0.15) is 13.8 Å². The number of hydrogen-bond donors (Lipinski definition) is 1. The Morgan fingerprint density at radius 2 is 2.00 bits per heavy atom. The first kappa shape index (κ1) is 13.5. The fourth-order valence-electron chi connectivity index (χ4n) is 1.10. The van der Waals surface area contributed by atoms with E-state index in [4.69, 9.17) is 11.6 Å². The summed E-state index contributed by atoms with van der Waals surface area (Å²) in [5, 5.41) is 3.03. The number of allylic oxidation sites excluding steroid dienone is 1. The third kappa shape index (κ3) is 6.00. The first-order valence-electron chi connectivity index (χ1n) is 4.95. The molecule has 0 spiro atoms. The van der Waals surface area contributed by atoms with Crippen LogP contribution < -0.4 is 5.32 Å². The van der Waals surface area contributed by atoms with Crippen LogP contribution in [-0.4, -0.2) is 42.9 Å². The Kier molecular flexibility index (Phi) is 8.68. The van der Waals surface area contributed by atoms with Gasteiger partial charge in [-0.1, -0.05) is 12.2 Å². The first-order valence-corrected chi connectivity index (χ1v) is 5.49. The van der Waals surface area contributed by atoms with Crippen molar-refractivity contribution < 1.29 is 4.79 Å². The van der Waals surface area contributed by atoms with Crippen molar-refractivity contribution in [3.63, 3.8) is 0 Å². The Balaban J connectivity index is 3.57. The Morgan fingerprint density at radius 3 is 2.50 bits per heavy atom. The van der Waals surface area contributed by atoms with E-state index in [2.05, 4.69) is 5.32 Å². The zero-order valence-electron chi connectivity index (χ0n) is 8.92. The van der Waals surface area contributed by atoms with Crippen molar-refractivity contribution in [3.05, 3.63) is 12.2 Å². The molecule has 0 atom stereocenters. The molecule has 4 heteroatoms. The monoisotopic (exact) mass is 218 g/mol. The summed E-state index contributed by atoms with van der Waals surface area (Å²) < 4.78 is 0. The number of amides is 1. The van der Waals surface area contributed by atoms with Gasteiger partial charge in [0.1, 0.15) is 0 Å². The molecule has 0 fully saturated rings. The van der Waals surface area contributed by atoms with E-state index in [1.807, 2.05) is 26.0 Å². The van der Waals surface area contributed by atoms with Crippen molar-refractivity contribution >= 4 is 17.5 Å². The second-order valence-electron chi connectivity index (χ2n) is 2.82. The summed E-state index contributed by atoms with van der Waals surface area (Å²) >= 11 is 5.45. The third-order valence-electron chi connectivity index (χ3n) is 1.91. The van der Waals surface area contributed by atoms with Gasteiger partial charge in [-0.15, -0.1) is 11.6 Å². The summed E-state index contributed by atoms with van der Waals surface area (Å²) in [7, 11) is 0. The van der Waals surface area contributed by atoms with E-state index in [1.165, 1.54) is 0 Å². The molecule has 0 aromatic rings. The second kappa shape index (κ2) is 9.03. The third-order valence-corrected chi connectivity index (χ3v) is 2.09. The average Bonchev–Trinajstić information content (AvgIpc) is 2.19. The Morgan fingerprint density at radius 1 is 1.36 bits per heavy atom. The zero-order chi connectivity index (χ0) is 10.8. The van der Waals surface area contributed by atoms with Crippen molar-refractivity contribution in [2.45, 2.75) is 13.8 Å². The number of rotatable bonds is 7. The quantitative estimate of drug-likeness (QED) is 0.396. The second-order valence-corrected chi connectivity index (χ2v) is 3.13. The lowest BCUT2D eigenvalue weighted by Gasteiger charge is -2.18. The fraction of sp³-hybridized carbons (Fsp3) is 0.700. The topological polar surface area (TPSA) is 32.3 Å². The molecular weight excluding hydrogens is 200 g/mol. The van der Waals surface area contributed by atoms with Crippen LogP contribution in [0.2, 0.25) is 0 Å². The van der Waals surface area contributed by atoms with Crippen LogP contribution in [0.5, 0.6) is 0 Å². The highest BCUT2D eigenvalue weighted by atomic mass is 35.5. The molecule has 3 nitrogen and oxygen atoms in total. The van der Waals surface area contributed by atoms with E-state index in [0.717, 1.165) is 13.1 Å². The smallest absolute Gasteiger partial charge is 0.236 e. The molecule has 0 heterocycles. The van der Waals surface area contributed by atoms with Crippen LogP contribution in [-0.2, 0) is 4.79 Å². The minimum atomic E-state index is 0.147. The predicted octanol–water partition coefficient (Wildman–Crippen LogP) is 1.24. The van der Waals surface area contributed by atoms with Gasteiger partial charge in [-0.05, 0) is 13.8 Å². The summed E-state index contributed by atoms with van der Waals surface area (Å²) in [4.78, 5) is 13.3. The molecule has 0 aliphatic carbocycles. The molecule has 0 saturated carbocycles. The fourth-order valence-corrected chi connectivity index (χ4v) is 1.22. The van der Waals surface area contributed by atoms with Crippen LogP contribution in [0.3, 0.4) is 0 Å². The minimum Gasteiger partial charge on any atom is -0.342 e. The molecular formula is C10H19ClN2O. The number of carbonyl (C=O) groups excluding carboxylic acids is 1. The molecule has 0 saturated heterocycles. The van der Waals surface area contributed by atoms with Gasteiger partial charge in [0.25, 0.3) is 0 Å². The van der Waals surface area contributed by atoms with Crippen molar-refractivity contribution in [2.24, 2.45) is 0 Å². The normalized spacial score (nSPS) is 10.8. The van der Waals surface area contributed by atoms with E-state index < -0.39 is 0 Å². The predicted molar refractivity (Wildman–Crippen MR) is 60.7 cm³/mol. The lowest BCUT2D eigenvalue weighted by atomic mass is 10.4. The number of nitrogens with one attached hydrogen (secondary N) is 1. The molecule has 0 aromatic heterocycles. The van der Waals surface area contributed by atoms with Gasteiger partial charge >= 0.3 is 0 Å². The standard InChI is InChI=1S/C10H19ClN2O/c1-3-13(4-2)10(14)9-12-8-6-5-7-11/h5-6,12H,3-4,7-9H2,1-2H3/b6-5+. The largest absolute Gasteiger partial charge is 0.342 e. The maximum Gasteiger partial charge on any atom is 0.236 e. The number of hydrogen-bond acceptors (Lipinski definition) is 2. The number of carbonyl (C=O) groups is 1. The average molecular weight is 219 g/mol. The Bertz CT molecular complexity index is 179. The van der Waals surface area contributed by atoms with Gasteiger partial charge in [0, 0.05) is 25.5 Å². The van der Waals surface area contributed by atoms with Crippen LogP contribution in [0.15, 0.2) is 12.2 Å². The first-order chi connectivity index (χ1) is 6.76. The van der Waals surface area contributed by atoms with Crippen LogP contribution >= 0.6 is 11.6 Å². The van der Waals surface area contributed by atoms with Gasteiger partial charge in [-0.25, -0.2) is 0 Å². The van der Waals surface area contributed by atoms with Gasteiger partial charge in [0.2, 0.25) is 5.91 Å². The summed E-state index contributed by atoms with van der Waals surface area (Å²) in [5.41, 5.74) is 0.